The molecule has 0 amide bonds. The van der Waals surface area contributed by atoms with E-state index in [0.29, 0.717) is 12.1 Å². The monoisotopic (exact) mass is 248 g/mol. The van der Waals surface area contributed by atoms with Crippen molar-refractivity contribution in [1.82, 2.24) is 20.0 Å². The fraction of sp³-hybridized carbons (Fsp3) is 0.786. The standard InChI is InChI=1S/C14H24N4/c1-15-12-6-8-17(10-12)11-13-7-9-18(16-13)14-4-2-3-5-14/h7,9,12,14-15H,2-6,8,10-11H2,1H3. The molecule has 2 heterocycles. The smallest absolute Gasteiger partial charge is 0.0764 e. The summed E-state index contributed by atoms with van der Waals surface area (Å²) in [5.41, 5.74) is 1.23. The van der Waals surface area contributed by atoms with Crippen molar-refractivity contribution in [2.24, 2.45) is 0 Å². The SMILES string of the molecule is CNC1CCN(Cc2ccn(C3CCCC3)n2)C1. The molecule has 1 unspecified atom stereocenters. The van der Waals surface area contributed by atoms with Crippen molar-refractivity contribution in [2.45, 2.75) is 50.7 Å². The van der Waals surface area contributed by atoms with Crippen molar-refractivity contribution in [3.63, 3.8) is 0 Å². The molecule has 100 valence electrons. The van der Waals surface area contributed by atoms with Crippen molar-refractivity contribution in [3.8, 4) is 0 Å². The quantitative estimate of drug-likeness (QED) is 0.882. The third kappa shape index (κ3) is 2.59. The molecule has 2 aliphatic rings. The van der Waals surface area contributed by atoms with Crippen LogP contribution in [0.15, 0.2) is 12.3 Å². The molecule has 0 bridgehead atoms. The third-order valence-electron chi connectivity index (χ3n) is 4.43. The van der Waals surface area contributed by atoms with Crippen LogP contribution in [0.2, 0.25) is 0 Å². The lowest BCUT2D eigenvalue weighted by molar-refractivity contribution is 0.315. The molecule has 4 heteroatoms. The minimum Gasteiger partial charge on any atom is -0.316 e. The first kappa shape index (κ1) is 12.2. The van der Waals surface area contributed by atoms with Crippen LogP contribution in [0, 0.1) is 0 Å². The molecule has 1 aromatic rings. The number of rotatable bonds is 4. The van der Waals surface area contributed by atoms with Crippen LogP contribution in [0.25, 0.3) is 0 Å². The number of hydrogen-bond donors (Lipinski definition) is 1. The predicted molar refractivity (Wildman–Crippen MR) is 72.5 cm³/mol. The number of aromatic nitrogens is 2. The Kier molecular flexibility index (Phi) is 3.66. The minimum atomic E-state index is 0.668. The summed E-state index contributed by atoms with van der Waals surface area (Å²) >= 11 is 0. The third-order valence-corrected chi connectivity index (χ3v) is 4.43. The lowest BCUT2D eigenvalue weighted by atomic mass is 10.3. The number of likely N-dealkylation sites (tertiary alicyclic amines) is 1. The number of nitrogens with one attached hydrogen (secondary N) is 1. The van der Waals surface area contributed by atoms with Crippen molar-refractivity contribution in [3.05, 3.63) is 18.0 Å². The highest BCUT2D eigenvalue weighted by atomic mass is 15.3. The van der Waals surface area contributed by atoms with Crippen LogP contribution in [-0.4, -0.2) is 40.9 Å². The highest BCUT2D eigenvalue weighted by Gasteiger charge is 2.22. The molecule has 1 aliphatic heterocycles. The maximum absolute atomic E-state index is 4.76. The molecular weight excluding hydrogens is 224 g/mol. The average molecular weight is 248 g/mol. The summed E-state index contributed by atoms with van der Waals surface area (Å²) in [6.45, 7) is 3.37. The molecule has 1 saturated carbocycles. The molecule has 1 aliphatic carbocycles. The second kappa shape index (κ2) is 5.41. The summed E-state index contributed by atoms with van der Waals surface area (Å²) in [5.74, 6) is 0. The molecule has 0 spiro atoms. The van der Waals surface area contributed by atoms with E-state index in [9.17, 15) is 0 Å². The van der Waals surface area contributed by atoms with E-state index < -0.39 is 0 Å². The van der Waals surface area contributed by atoms with E-state index in [-0.39, 0.29) is 0 Å². The Morgan fingerprint density at radius 1 is 1.33 bits per heavy atom. The Balaban J connectivity index is 1.57. The van der Waals surface area contributed by atoms with Crippen LogP contribution < -0.4 is 5.32 Å². The van der Waals surface area contributed by atoms with Crippen LogP contribution in [0.3, 0.4) is 0 Å². The highest BCUT2D eigenvalue weighted by molar-refractivity contribution is 5.01. The largest absolute Gasteiger partial charge is 0.316 e. The van der Waals surface area contributed by atoms with E-state index in [1.54, 1.807) is 0 Å². The summed E-state index contributed by atoms with van der Waals surface area (Å²) in [5, 5.41) is 8.12. The summed E-state index contributed by atoms with van der Waals surface area (Å²) < 4.78 is 2.20. The van der Waals surface area contributed by atoms with E-state index in [1.807, 2.05) is 0 Å². The van der Waals surface area contributed by atoms with Gasteiger partial charge in [-0.2, -0.15) is 5.10 Å². The van der Waals surface area contributed by atoms with E-state index in [0.717, 1.165) is 13.1 Å². The van der Waals surface area contributed by atoms with Gasteiger partial charge < -0.3 is 5.32 Å². The summed E-state index contributed by atoms with van der Waals surface area (Å²) in [6, 6.07) is 3.54. The maximum atomic E-state index is 4.76. The van der Waals surface area contributed by atoms with Gasteiger partial charge in [-0.25, -0.2) is 0 Å². The highest BCUT2D eigenvalue weighted by Crippen LogP contribution is 2.28. The van der Waals surface area contributed by atoms with Gasteiger partial charge in [-0.1, -0.05) is 12.8 Å². The van der Waals surface area contributed by atoms with Crippen LogP contribution in [0.5, 0.6) is 0 Å². The van der Waals surface area contributed by atoms with Crippen molar-refractivity contribution >= 4 is 0 Å². The van der Waals surface area contributed by atoms with Crippen molar-refractivity contribution in [2.75, 3.05) is 20.1 Å². The first-order valence-electron chi connectivity index (χ1n) is 7.29. The predicted octanol–water partition coefficient (Wildman–Crippen LogP) is 1.79. The zero-order valence-corrected chi connectivity index (χ0v) is 11.3. The molecule has 1 N–H and O–H groups in total. The first-order valence-corrected chi connectivity index (χ1v) is 7.29. The Bertz CT molecular complexity index is 381. The molecule has 0 aromatic carbocycles. The average Bonchev–Trinajstić information content (AvgIpc) is 3.10. The second-order valence-electron chi connectivity index (χ2n) is 5.73. The lowest BCUT2D eigenvalue weighted by Crippen LogP contribution is -2.29. The van der Waals surface area contributed by atoms with Gasteiger partial charge in [0.05, 0.1) is 11.7 Å². The van der Waals surface area contributed by atoms with Gasteiger partial charge in [0.15, 0.2) is 0 Å². The van der Waals surface area contributed by atoms with Gasteiger partial charge in [0.1, 0.15) is 0 Å². The van der Waals surface area contributed by atoms with Crippen LogP contribution in [0.4, 0.5) is 0 Å². The lowest BCUT2D eigenvalue weighted by Gasteiger charge is -2.14. The normalized spacial score (nSPS) is 26.2. The Hall–Kier alpha value is -0.870. The Morgan fingerprint density at radius 2 is 2.17 bits per heavy atom. The Labute approximate surface area is 109 Å². The van der Waals surface area contributed by atoms with Crippen LogP contribution in [0.1, 0.15) is 43.8 Å². The van der Waals surface area contributed by atoms with E-state index >= 15 is 0 Å². The van der Waals surface area contributed by atoms with E-state index in [2.05, 4.69) is 34.2 Å². The second-order valence-corrected chi connectivity index (χ2v) is 5.73. The molecule has 4 nitrogen and oxygen atoms in total. The molecule has 1 aromatic heterocycles. The minimum absolute atomic E-state index is 0.668. The van der Waals surface area contributed by atoms with Crippen LogP contribution >= 0.6 is 0 Å². The molecule has 3 rings (SSSR count). The maximum Gasteiger partial charge on any atom is 0.0764 e. The number of nitrogens with zero attached hydrogens (tertiary/aromatic N) is 3. The van der Waals surface area contributed by atoms with Crippen LogP contribution in [-0.2, 0) is 6.54 Å². The van der Waals surface area contributed by atoms with Gasteiger partial charge in [-0.3, -0.25) is 9.58 Å². The number of hydrogen-bond acceptors (Lipinski definition) is 3. The molecule has 1 saturated heterocycles. The van der Waals surface area contributed by atoms with Gasteiger partial charge in [0.25, 0.3) is 0 Å². The fourth-order valence-electron chi connectivity index (χ4n) is 3.27. The van der Waals surface area contributed by atoms with Gasteiger partial charge in [-0.05, 0) is 32.4 Å². The van der Waals surface area contributed by atoms with Gasteiger partial charge >= 0.3 is 0 Å². The topological polar surface area (TPSA) is 33.1 Å². The van der Waals surface area contributed by atoms with E-state index in [4.69, 9.17) is 5.10 Å². The summed E-state index contributed by atoms with van der Waals surface area (Å²) in [4.78, 5) is 2.50. The van der Waals surface area contributed by atoms with Gasteiger partial charge in [-0.15, -0.1) is 0 Å². The van der Waals surface area contributed by atoms with Crippen molar-refractivity contribution < 1.29 is 0 Å². The van der Waals surface area contributed by atoms with E-state index in [1.165, 1.54) is 44.3 Å². The van der Waals surface area contributed by atoms with Crippen molar-refractivity contribution in [1.29, 1.82) is 0 Å². The van der Waals surface area contributed by atoms with Gasteiger partial charge in [0, 0.05) is 31.9 Å². The molecule has 18 heavy (non-hydrogen) atoms. The summed E-state index contributed by atoms with van der Waals surface area (Å²) in [7, 11) is 2.06. The molecule has 0 radical (unpaired) electrons. The number of likely N-dealkylation sites (N-methyl/N-ethyl adjacent to an activating group) is 1. The zero-order valence-electron chi connectivity index (χ0n) is 11.3. The summed E-state index contributed by atoms with van der Waals surface area (Å²) in [6.07, 6.45) is 8.81. The molecule has 2 fully saturated rings. The fourth-order valence-corrected chi connectivity index (χ4v) is 3.27. The Morgan fingerprint density at radius 3 is 2.89 bits per heavy atom. The van der Waals surface area contributed by atoms with Gasteiger partial charge in [0.2, 0.25) is 0 Å². The molecule has 1 atom stereocenters. The zero-order chi connectivity index (χ0) is 12.4. The molecular formula is C14H24N4. The first-order chi connectivity index (χ1) is 8.85.